The number of hydrogen-bond donors (Lipinski definition) is 2. The van der Waals surface area contributed by atoms with Crippen LogP contribution in [0.2, 0.25) is 0 Å². The van der Waals surface area contributed by atoms with Gasteiger partial charge in [-0.2, -0.15) is 0 Å². The van der Waals surface area contributed by atoms with Crippen LogP contribution in [0.4, 0.5) is 5.69 Å². The average molecular weight is 291 g/mol. The van der Waals surface area contributed by atoms with Crippen LogP contribution in [0.1, 0.15) is 38.1 Å². The first-order valence-corrected chi connectivity index (χ1v) is 7.47. The Morgan fingerprint density at radius 2 is 1.76 bits per heavy atom. The smallest absolute Gasteiger partial charge is 0.254 e. The standard InChI is InChI=1S/C16H25N3O2/c1-5-17-14-11-9-8-10-13(14)15(20)18-12(4)16(21)19(6-2)7-3/h8-12,17H,5-7H2,1-4H3,(H,18,20). The van der Waals surface area contributed by atoms with E-state index in [0.29, 0.717) is 18.7 Å². The van der Waals surface area contributed by atoms with Gasteiger partial charge in [-0.3, -0.25) is 9.59 Å². The minimum atomic E-state index is -0.535. The van der Waals surface area contributed by atoms with Gasteiger partial charge in [-0.15, -0.1) is 0 Å². The molecule has 0 heterocycles. The molecule has 5 nitrogen and oxygen atoms in total. The van der Waals surface area contributed by atoms with Gasteiger partial charge in [0.25, 0.3) is 5.91 Å². The predicted molar refractivity (Wildman–Crippen MR) is 85.5 cm³/mol. The summed E-state index contributed by atoms with van der Waals surface area (Å²) in [4.78, 5) is 26.2. The lowest BCUT2D eigenvalue weighted by Gasteiger charge is -2.23. The summed E-state index contributed by atoms with van der Waals surface area (Å²) in [6.07, 6.45) is 0. The van der Waals surface area contributed by atoms with Crippen molar-refractivity contribution in [3.05, 3.63) is 29.8 Å². The summed E-state index contributed by atoms with van der Waals surface area (Å²) in [7, 11) is 0. The van der Waals surface area contributed by atoms with E-state index < -0.39 is 6.04 Å². The van der Waals surface area contributed by atoms with Crippen LogP contribution in [0, 0.1) is 0 Å². The highest BCUT2D eigenvalue weighted by molar-refractivity contribution is 6.01. The second-order valence-corrected chi connectivity index (χ2v) is 4.78. The fraction of sp³-hybridized carbons (Fsp3) is 0.500. The highest BCUT2D eigenvalue weighted by Gasteiger charge is 2.21. The Morgan fingerprint density at radius 3 is 2.33 bits per heavy atom. The first-order chi connectivity index (χ1) is 10.0. The number of amides is 2. The van der Waals surface area contributed by atoms with E-state index in [2.05, 4.69) is 10.6 Å². The molecule has 2 N–H and O–H groups in total. The average Bonchev–Trinajstić information content (AvgIpc) is 2.49. The van der Waals surface area contributed by atoms with Gasteiger partial charge in [0.2, 0.25) is 5.91 Å². The van der Waals surface area contributed by atoms with E-state index in [-0.39, 0.29) is 11.8 Å². The molecule has 1 unspecified atom stereocenters. The third-order valence-electron chi connectivity index (χ3n) is 3.33. The van der Waals surface area contributed by atoms with E-state index >= 15 is 0 Å². The van der Waals surface area contributed by atoms with E-state index in [1.165, 1.54) is 0 Å². The number of carbonyl (C=O) groups excluding carboxylic acids is 2. The molecule has 0 aliphatic rings. The van der Waals surface area contributed by atoms with Gasteiger partial charge in [0, 0.05) is 25.3 Å². The molecule has 1 atom stereocenters. The van der Waals surface area contributed by atoms with Crippen molar-refractivity contribution in [1.82, 2.24) is 10.2 Å². The molecule has 0 saturated carbocycles. The van der Waals surface area contributed by atoms with Crippen LogP contribution in [-0.2, 0) is 4.79 Å². The fourth-order valence-electron chi connectivity index (χ4n) is 2.17. The Kier molecular flexibility index (Phi) is 6.72. The molecule has 116 valence electrons. The lowest BCUT2D eigenvalue weighted by molar-refractivity contribution is -0.132. The van der Waals surface area contributed by atoms with E-state index in [0.717, 1.165) is 12.2 Å². The molecule has 0 spiro atoms. The van der Waals surface area contributed by atoms with Gasteiger partial charge in [0.05, 0.1) is 5.56 Å². The van der Waals surface area contributed by atoms with Crippen LogP contribution in [0.15, 0.2) is 24.3 Å². The molecular formula is C16H25N3O2. The Balaban J connectivity index is 2.79. The number of para-hydroxylation sites is 1. The molecule has 0 fully saturated rings. The summed E-state index contributed by atoms with van der Waals surface area (Å²) in [6.45, 7) is 9.56. The number of anilines is 1. The molecule has 0 bridgehead atoms. The molecular weight excluding hydrogens is 266 g/mol. The molecule has 0 saturated heterocycles. The van der Waals surface area contributed by atoms with Crippen molar-refractivity contribution in [3.63, 3.8) is 0 Å². The molecule has 1 aromatic rings. The first kappa shape index (κ1) is 17.0. The summed E-state index contributed by atoms with van der Waals surface area (Å²) < 4.78 is 0. The van der Waals surface area contributed by atoms with Gasteiger partial charge in [0.15, 0.2) is 0 Å². The summed E-state index contributed by atoms with van der Waals surface area (Å²) in [5, 5.41) is 5.92. The van der Waals surface area contributed by atoms with Crippen LogP contribution in [-0.4, -0.2) is 42.4 Å². The lowest BCUT2D eigenvalue weighted by atomic mass is 10.1. The van der Waals surface area contributed by atoms with E-state index in [1.807, 2.05) is 39.0 Å². The van der Waals surface area contributed by atoms with Gasteiger partial charge >= 0.3 is 0 Å². The number of nitrogens with zero attached hydrogens (tertiary/aromatic N) is 1. The van der Waals surface area contributed by atoms with E-state index in [1.54, 1.807) is 17.9 Å². The zero-order chi connectivity index (χ0) is 15.8. The van der Waals surface area contributed by atoms with Crippen molar-refractivity contribution < 1.29 is 9.59 Å². The van der Waals surface area contributed by atoms with Gasteiger partial charge in [-0.05, 0) is 39.8 Å². The van der Waals surface area contributed by atoms with Crippen molar-refractivity contribution in [3.8, 4) is 0 Å². The highest BCUT2D eigenvalue weighted by Crippen LogP contribution is 2.14. The Morgan fingerprint density at radius 1 is 1.14 bits per heavy atom. The second-order valence-electron chi connectivity index (χ2n) is 4.78. The van der Waals surface area contributed by atoms with Crippen LogP contribution < -0.4 is 10.6 Å². The quantitative estimate of drug-likeness (QED) is 0.809. The van der Waals surface area contributed by atoms with E-state index in [4.69, 9.17) is 0 Å². The molecule has 2 amide bonds. The van der Waals surface area contributed by atoms with Gasteiger partial charge < -0.3 is 15.5 Å². The monoisotopic (exact) mass is 291 g/mol. The lowest BCUT2D eigenvalue weighted by Crippen LogP contribution is -2.46. The van der Waals surface area contributed by atoms with E-state index in [9.17, 15) is 9.59 Å². The maximum atomic E-state index is 12.3. The fourth-order valence-corrected chi connectivity index (χ4v) is 2.17. The van der Waals surface area contributed by atoms with Crippen molar-refractivity contribution in [2.75, 3.05) is 25.0 Å². The molecule has 0 aliphatic carbocycles. The largest absolute Gasteiger partial charge is 0.385 e. The second kappa shape index (κ2) is 8.29. The number of nitrogens with one attached hydrogen (secondary N) is 2. The number of likely N-dealkylation sites (N-methyl/N-ethyl adjacent to an activating group) is 1. The maximum absolute atomic E-state index is 12.3. The summed E-state index contributed by atoms with van der Waals surface area (Å²) in [6, 6.07) is 6.76. The molecule has 0 radical (unpaired) electrons. The molecule has 1 rings (SSSR count). The molecule has 21 heavy (non-hydrogen) atoms. The molecule has 1 aromatic carbocycles. The predicted octanol–water partition coefficient (Wildman–Crippen LogP) is 2.11. The Hall–Kier alpha value is -2.04. The minimum absolute atomic E-state index is 0.0609. The van der Waals surface area contributed by atoms with Crippen molar-refractivity contribution in [2.24, 2.45) is 0 Å². The van der Waals surface area contributed by atoms with Crippen molar-refractivity contribution in [1.29, 1.82) is 0 Å². The van der Waals surface area contributed by atoms with Crippen LogP contribution in [0.5, 0.6) is 0 Å². The Bertz CT molecular complexity index is 484. The first-order valence-electron chi connectivity index (χ1n) is 7.47. The van der Waals surface area contributed by atoms with Gasteiger partial charge in [0.1, 0.15) is 6.04 Å². The molecule has 0 aliphatic heterocycles. The third kappa shape index (κ3) is 4.48. The Labute approximate surface area is 126 Å². The maximum Gasteiger partial charge on any atom is 0.254 e. The van der Waals surface area contributed by atoms with Crippen LogP contribution >= 0.6 is 0 Å². The minimum Gasteiger partial charge on any atom is -0.385 e. The van der Waals surface area contributed by atoms with Gasteiger partial charge in [-0.25, -0.2) is 0 Å². The zero-order valence-electron chi connectivity index (χ0n) is 13.3. The number of rotatable bonds is 7. The normalized spacial score (nSPS) is 11.6. The summed E-state index contributed by atoms with van der Waals surface area (Å²) >= 11 is 0. The SMILES string of the molecule is CCNc1ccccc1C(=O)NC(C)C(=O)N(CC)CC. The number of benzene rings is 1. The highest BCUT2D eigenvalue weighted by atomic mass is 16.2. The number of carbonyl (C=O) groups is 2. The zero-order valence-corrected chi connectivity index (χ0v) is 13.3. The summed E-state index contributed by atoms with van der Waals surface area (Å²) in [5.74, 6) is -0.297. The van der Waals surface area contributed by atoms with Crippen molar-refractivity contribution >= 4 is 17.5 Å². The third-order valence-corrected chi connectivity index (χ3v) is 3.33. The topological polar surface area (TPSA) is 61.4 Å². The van der Waals surface area contributed by atoms with Gasteiger partial charge in [-0.1, -0.05) is 12.1 Å². The summed E-state index contributed by atoms with van der Waals surface area (Å²) in [5.41, 5.74) is 1.33. The molecule has 5 heteroatoms. The van der Waals surface area contributed by atoms with Crippen molar-refractivity contribution in [2.45, 2.75) is 33.7 Å². The van der Waals surface area contributed by atoms with Crippen LogP contribution in [0.25, 0.3) is 0 Å². The van der Waals surface area contributed by atoms with Crippen LogP contribution in [0.3, 0.4) is 0 Å². The number of hydrogen-bond acceptors (Lipinski definition) is 3. The molecule has 0 aromatic heterocycles.